The number of imidazole rings is 1. The Bertz CT molecular complexity index is 1230. The number of amides is 1. The summed E-state index contributed by atoms with van der Waals surface area (Å²) < 4.78 is 60.1. The Balaban J connectivity index is 2.12. The summed E-state index contributed by atoms with van der Waals surface area (Å²) in [5, 5.41) is 19.0. The topological polar surface area (TPSA) is 105 Å². The molecule has 0 saturated heterocycles. The van der Waals surface area contributed by atoms with Gasteiger partial charge >= 0.3 is 6.18 Å². The highest BCUT2D eigenvalue weighted by Gasteiger charge is 2.31. The fourth-order valence-electron chi connectivity index (χ4n) is 3.31. The van der Waals surface area contributed by atoms with Crippen molar-refractivity contribution in [3.63, 3.8) is 0 Å². The number of hydrogen-bond acceptors (Lipinski definition) is 5. The van der Waals surface area contributed by atoms with E-state index in [9.17, 15) is 23.1 Å². The van der Waals surface area contributed by atoms with Gasteiger partial charge in [-0.2, -0.15) is 18.3 Å². The van der Waals surface area contributed by atoms with E-state index < -0.39 is 41.4 Å². The van der Waals surface area contributed by atoms with Crippen molar-refractivity contribution in [3.05, 3.63) is 45.7 Å². The Kier molecular flexibility index (Phi) is 6.68. The molecule has 0 fully saturated rings. The summed E-state index contributed by atoms with van der Waals surface area (Å²) in [5.74, 6) is -2.38. The van der Waals surface area contributed by atoms with Crippen LogP contribution < -0.4 is 10.1 Å². The van der Waals surface area contributed by atoms with Crippen molar-refractivity contribution in [2.45, 2.75) is 39.5 Å². The monoisotopic (exact) mass is 503 g/mol. The summed E-state index contributed by atoms with van der Waals surface area (Å²) in [6.07, 6.45) is -4.71. The Morgan fingerprint density at radius 3 is 2.44 bits per heavy atom. The molecule has 0 saturated carbocycles. The van der Waals surface area contributed by atoms with Gasteiger partial charge in [-0.05, 0) is 39.8 Å². The molecule has 0 atom stereocenters. The third kappa shape index (κ3) is 5.17. The van der Waals surface area contributed by atoms with Gasteiger partial charge in [0.2, 0.25) is 0 Å². The maximum Gasteiger partial charge on any atom is 0.422 e. The summed E-state index contributed by atoms with van der Waals surface area (Å²) in [7, 11) is 1.56. The first kappa shape index (κ1) is 25.5. The van der Waals surface area contributed by atoms with E-state index in [0.717, 1.165) is 12.1 Å². The van der Waals surface area contributed by atoms with Crippen LogP contribution in [0.3, 0.4) is 0 Å². The number of hydrogen-bond donors (Lipinski definition) is 3. The quantitative estimate of drug-likeness (QED) is 0.425. The zero-order valence-corrected chi connectivity index (χ0v) is 19.6. The van der Waals surface area contributed by atoms with E-state index in [1.165, 1.54) is 25.3 Å². The van der Waals surface area contributed by atoms with Crippen molar-refractivity contribution < 1.29 is 32.2 Å². The number of halogens is 5. The number of benzene rings is 1. The predicted molar refractivity (Wildman–Crippen MR) is 116 cm³/mol. The molecule has 1 amide bonds. The molecule has 3 N–H and O–H groups in total. The number of anilines is 1. The van der Waals surface area contributed by atoms with Gasteiger partial charge in [0.1, 0.15) is 33.8 Å². The molecule has 0 spiro atoms. The highest BCUT2D eigenvalue weighted by atomic mass is 35.5. The molecule has 2 aromatic heterocycles. The first-order valence-corrected chi connectivity index (χ1v) is 10.3. The SMILES string of the molecule is Cc1n[nH]c(Cl)c1NC(=O)c1cc(F)c(-c2nc(C(C)(C)O)c(C)n2C)cc1OCC(F)(F)F. The van der Waals surface area contributed by atoms with Crippen LogP contribution in [0.4, 0.5) is 23.2 Å². The minimum atomic E-state index is -4.71. The van der Waals surface area contributed by atoms with Crippen molar-refractivity contribution in [1.29, 1.82) is 0 Å². The minimum Gasteiger partial charge on any atom is -0.483 e. The van der Waals surface area contributed by atoms with Gasteiger partial charge in [-0.15, -0.1) is 0 Å². The largest absolute Gasteiger partial charge is 0.483 e. The van der Waals surface area contributed by atoms with Gasteiger partial charge in [0.15, 0.2) is 6.61 Å². The van der Waals surface area contributed by atoms with Gasteiger partial charge < -0.3 is 19.7 Å². The van der Waals surface area contributed by atoms with Gasteiger partial charge in [0.05, 0.1) is 22.5 Å². The highest BCUT2D eigenvalue weighted by molar-refractivity contribution is 6.33. The predicted octanol–water partition coefficient (Wildman–Crippen LogP) is 4.64. The molecule has 0 aliphatic rings. The van der Waals surface area contributed by atoms with Gasteiger partial charge in [-0.1, -0.05) is 11.6 Å². The van der Waals surface area contributed by atoms with Crippen molar-refractivity contribution in [1.82, 2.24) is 19.7 Å². The molecule has 3 aromatic rings. The second-order valence-corrected chi connectivity index (χ2v) is 8.55. The molecule has 184 valence electrons. The summed E-state index contributed by atoms with van der Waals surface area (Å²) in [4.78, 5) is 17.1. The number of alkyl halides is 3. The van der Waals surface area contributed by atoms with Crippen molar-refractivity contribution >= 4 is 23.2 Å². The van der Waals surface area contributed by atoms with Crippen molar-refractivity contribution in [2.24, 2.45) is 7.05 Å². The number of aromatic amines is 1. The fraction of sp³-hybridized carbons (Fsp3) is 0.381. The van der Waals surface area contributed by atoms with Gasteiger partial charge in [0.25, 0.3) is 5.91 Å². The van der Waals surface area contributed by atoms with Crippen molar-refractivity contribution in [3.8, 4) is 17.1 Å². The molecular weight excluding hydrogens is 482 g/mol. The van der Waals surface area contributed by atoms with E-state index >= 15 is 4.39 Å². The standard InChI is InChI=1S/C21H22ClF4N5O3/c1-9-15(17(22)30-29-9)27-19(32)12-6-13(23)11(7-14(12)34-8-21(24,25)26)18-28-16(20(3,4)33)10(2)31(18)5/h6-7,33H,8H2,1-5H3,(H,27,32)(H,29,30). The third-order valence-corrected chi connectivity index (χ3v) is 5.32. The maximum atomic E-state index is 15.2. The number of H-pyrrole nitrogens is 1. The number of ether oxygens (including phenoxy) is 1. The van der Waals surface area contributed by atoms with Crippen LogP contribution >= 0.6 is 11.6 Å². The summed E-state index contributed by atoms with van der Waals surface area (Å²) in [6, 6.07) is 1.73. The van der Waals surface area contributed by atoms with Crippen LogP contribution in [0, 0.1) is 19.7 Å². The number of rotatable bonds is 6. The smallest absolute Gasteiger partial charge is 0.422 e. The van der Waals surface area contributed by atoms with Gasteiger partial charge in [-0.3, -0.25) is 9.89 Å². The number of aryl methyl sites for hydroxylation is 1. The number of nitrogens with one attached hydrogen (secondary N) is 2. The first-order chi connectivity index (χ1) is 15.6. The summed E-state index contributed by atoms with van der Waals surface area (Å²) in [5.41, 5.74) is -0.875. The lowest BCUT2D eigenvalue weighted by Crippen LogP contribution is -2.21. The van der Waals surface area contributed by atoms with Crippen molar-refractivity contribution in [2.75, 3.05) is 11.9 Å². The average Bonchev–Trinajstić information content (AvgIpc) is 3.19. The summed E-state index contributed by atoms with van der Waals surface area (Å²) in [6.45, 7) is 4.47. The minimum absolute atomic E-state index is 0.0108. The average molecular weight is 504 g/mol. The molecule has 8 nitrogen and oxygen atoms in total. The van der Waals surface area contributed by atoms with E-state index in [4.69, 9.17) is 16.3 Å². The van der Waals surface area contributed by atoms with Crippen LogP contribution in [0.5, 0.6) is 5.75 Å². The zero-order chi connectivity index (χ0) is 25.6. The highest BCUT2D eigenvalue weighted by Crippen LogP contribution is 2.34. The van der Waals surface area contributed by atoms with Crippen LogP contribution in [0.1, 0.15) is 41.3 Å². The fourth-order valence-corrected chi connectivity index (χ4v) is 3.54. The Morgan fingerprint density at radius 1 is 1.29 bits per heavy atom. The number of nitrogens with zero attached hydrogens (tertiary/aromatic N) is 3. The molecule has 0 aliphatic carbocycles. The number of aromatic nitrogens is 4. The zero-order valence-electron chi connectivity index (χ0n) is 18.9. The lowest BCUT2D eigenvalue weighted by atomic mass is 10.0. The normalized spacial score (nSPS) is 12.2. The van der Waals surface area contributed by atoms with E-state index in [1.807, 2.05) is 0 Å². The van der Waals surface area contributed by atoms with Gasteiger partial charge in [0, 0.05) is 12.7 Å². The Labute approximate surface area is 196 Å². The molecule has 13 heteroatoms. The number of carbonyl (C=O) groups is 1. The molecule has 0 aliphatic heterocycles. The molecule has 2 heterocycles. The second kappa shape index (κ2) is 8.91. The molecule has 3 rings (SSSR count). The van der Waals surface area contributed by atoms with E-state index in [0.29, 0.717) is 11.4 Å². The number of carbonyl (C=O) groups excluding carboxylic acids is 1. The molecule has 0 radical (unpaired) electrons. The Hall–Kier alpha value is -3.12. The molecular formula is C21H22ClF4N5O3. The number of aliphatic hydroxyl groups is 1. The van der Waals surface area contributed by atoms with Crippen LogP contribution in [0.15, 0.2) is 12.1 Å². The molecule has 34 heavy (non-hydrogen) atoms. The van der Waals surface area contributed by atoms with Crippen LogP contribution in [-0.2, 0) is 12.6 Å². The van der Waals surface area contributed by atoms with E-state index in [-0.39, 0.29) is 27.9 Å². The van der Waals surface area contributed by atoms with Gasteiger partial charge in [-0.25, -0.2) is 9.37 Å². The Morgan fingerprint density at radius 2 is 1.94 bits per heavy atom. The van der Waals surface area contributed by atoms with Crippen LogP contribution in [0.2, 0.25) is 5.15 Å². The molecule has 1 aromatic carbocycles. The molecule has 0 bridgehead atoms. The van der Waals surface area contributed by atoms with Crippen LogP contribution in [0.25, 0.3) is 11.4 Å². The lowest BCUT2D eigenvalue weighted by Gasteiger charge is -2.15. The van der Waals surface area contributed by atoms with Crippen LogP contribution in [-0.4, -0.2) is 43.5 Å². The first-order valence-electron chi connectivity index (χ1n) is 9.91. The van der Waals surface area contributed by atoms with E-state index in [2.05, 4.69) is 20.5 Å². The van der Waals surface area contributed by atoms with E-state index in [1.54, 1.807) is 14.0 Å². The molecule has 0 unspecified atom stereocenters. The maximum absolute atomic E-state index is 15.2. The lowest BCUT2D eigenvalue weighted by molar-refractivity contribution is -0.153. The second-order valence-electron chi connectivity index (χ2n) is 8.17. The summed E-state index contributed by atoms with van der Waals surface area (Å²) >= 11 is 5.93. The third-order valence-electron chi connectivity index (χ3n) is 5.05.